The summed E-state index contributed by atoms with van der Waals surface area (Å²) in [5.74, 6) is 0.730. The Kier molecular flexibility index (Phi) is 4.23. The molecule has 0 amide bonds. The first-order valence-corrected chi connectivity index (χ1v) is 6.46. The average molecular weight is 286 g/mol. The number of nitrogens with zero attached hydrogens (tertiary/aromatic N) is 2. The van der Waals surface area contributed by atoms with Crippen LogP contribution in [0.15, 0.2) is 52.3 Å². The Morgan fingerprint density at radius 1 is 1.25 bits per heavy atom. The molecule has 5 nitrogen and oxygen atoms in total. The molecule has 0 saturated heterocycles. The van der Waals surface area contributed by atoms with Crippen molar-refractivity contribution in [1.29, 1.82) is 5.26 Å². The van der Waals surface area contributed by atoms with Crippen molar-refractivity contribution < 1.29 is 9.66 Å². The second kappa shape index (κ2) is 6.08. The number of rotatable bonds is 4. The van der Waals surface area contributed by atoms with Gasteiger partial charge in [0.15, 0.2) is 0 Å². The fourth-order valence-electron chi connectivity index (χ4n) is 1.64. The van der Waals surface area contributed by atoms with Crippen LogP contribution in [0.1, 0.15) is 5.56 Å². The van der Waals surface area contributed by atoms with Gasteiger partial charge in [0.25, 0.3) is 5.69 Å². The fourth-order valence-corrected chi connectivity index (χ4v) is 2.56. The van der Waals surface area contributed by atoms with Gasteiger partial charge in [-0.2, -0.15) is 5.26 Å². The van der Waals surface area contributed by atoms with Gasteiger partial charge in [0.2, 0.25) is 0 Å². The third-order valence-corrected chi connectivity index (χ3v) is 3.67. The summed E-state index contributed by atoms with van der Waals surface area (Å²) in [4.78, 5) is 11.8. The van der Waals surface area contributed by atoms with Gasteiger partial charge in [-0.1, -0.05) is 17.8 Å². The molecule has 0 radical (unpaired) electrons. The largest absolute Gasteiger partial charge is 0.497 e. The van der Waals surface area contributed by atoms with Crippen LogP contribution in [-0.4, -0.2) is 12.0 Å². The molecule has 0 unspecified atom stereocenters. The fraction of sp³-hybridized carbons (Fsp3) is 0.0714. The quantitative estimate of drug-likeness (QED) is 0.633. The zero-order chi connectivity index (χ0) is 14.5. The first-order valence-electron chi connectivity index (χ1n) is 5.65. The summed E-state index contributed by atoms with van der Waals surface area (Å²) in [7, 11) is 1.58. The van der Waals surface area contributed by atoms with E-state index in [9.17, 15) is 10.1 Å². The van der Waals surface area contributed by atoms with E-state index in [1.165, 1.54) is 17.8 Å². The summed E-state index contributed by atoms with van der Waals surface area (Å²) in [6.45, 7) is 0. The van der Waals surface area contributed by atoms with E-state index in [4.69, 9.17) is 10.00 Å². The van der Waals surface area contributed by atoms with Crippen LogP contribution in [0.2, 0.25) is 0 Å². The highest BCUT2D eigenvalue weighted by Gasteiger charge is 2.17. The summed E-state index contributed by atoms with van der Waals surface area (Å²) >= 11 is 1.31. The zero-order valence-electron chi connectivity index (χ0n) is 10.6. The summed E-state index contributed by atoms with van der Waals surface area (Å²) < 4.78 is 5.06. The number of methoxy groups -OCH3 is 1. The molecule has 0 atom stereocenters. The van der Waals surface area contributed by atoms with Gasteiger partial charge in [-0.3, -0.25) is 10.1 Å². The Morgan fingerprint density at radius 2 is 1.95 bits per heavy atom. The molecule has 0 aliphatic carbocycles. The van der Waals surface area contributed by atoms with E-state index in [1.807, 2.05) is 18.2 Å². The van der Waals surface area contributed by atoms with Gasteiger partial charge in [0, 0.05) is 15.9 Å². The van der Waals surface area contributed by atoms with Crippen molar-refractivity contribution in [1.82, 2.24) is 0 Å². The SMILES string of the molecule is COc1ccc(Sc2cccc([N+](=O)[O-])c2C#N)cc1. The van der Waals surface area contributed by atoms with Gasteiger partial charge >= 0.3 is 0 Å². The average Bonchev–Trinajstić information content (AvgIpc) is 2.47. The molecule has 0 bridgehead atoms. The van der Waals surface area contributed by atoms with Crippen molar-refractivity contribution >= 4 is 17.4 Å². The van der Waals surface area contributed by atoms with Crippen molar-refractivity contribution in [3.8, 4) is 11.8 Å². The first-order chi connectivity index (χ1) is 9.65. The number of nitro benzene ring substituents is 1. The van der Waals surface area contributed by atoms with E-state index in [0.717, 1.165) is 10.6 Å². The van der Waals surface area contributed by atoms with E-state index >= 15 is 0 Å². The number of nitro groups is 1. The molecule has 0 heterocycles. The third-order valence-electron chi connectivity index (χ3n) is 2.60. The van der Waals surface area contributed by atoms with Crippen LogP contribution < -0.4 is 4.74 Å². The Hall–Kier alpha value is -2.52. The molecule has 0 spiro atoms. The van der Waals surface area contributed by atoms with Gasteiger partial charge in [-0.25, -0.2) is 0 Å². The Bertz CT molecular complexity index is 678. The molecule has 20 heavy (non-hydrogen) atoms. The Balaban J connectivity index is 2.35. The Labute approximate surface area is 120 Å². The maximum Gasteiger partial charge on any atom is 0.288 e. The van der Waals surface area contributed by atoms with Gasteiger partial charge < -0.3 is 4.74 Å². The highest BCUT2D eigenvalue weighted by Crippen LogP contribution is 2.34. The van der Waals surface area contributed by atoms with E-state index in [-0.39, 0.29) is 11.3 Å². The molecular formula is C14H10N2O3S. The second-order valence-corrected chi connectivity index (χ2v) is 4.91. The molecule has 0 aromatic heterocycles. The maximum atomic E-state index is 10.9. The molecule has 100 valence electrons. The monoisotopic (exact) mass is 286 g/mol. The van der Waals surface area contributed by atoms with E-state index < -0.39 is 4.92 Å². The lowest BCUT2D eigenvalue weighted by Crippen LogP contribution is -1.93. The number of benzene rings is 2. The molecule has 0 aliphatic rings. The number of hydrogen-bond donors (Lipinski definition) is 0. The lowest BCUT2D eigenvalue weighted by Gasteiger charge is -2.05. The molecule has 6 heteroatoms. The number of nitriles is 1. The van der Waals surface area contributed by atoms with Crippen LogP contribution in [0, 0.1) is 21.4 Å². The third kappa shape index (κ3) is 2.90. The standard InChI is InChI=1S/C14H10N2O3S/c1-19-10-5-7-11(8-6-10)20-14-4-2-3-13(16(17)18)12(14)9-15/h2-8H,1H3. The molecule has 2 rings (SSSR count). The lowest BCUT2D eigenvalue weighted by molar-refractivity contribution is -0.385. The van der Waals surface area contributed by atoms with Crippen molar-refractivity contribution in [2.45, 2.75) is 9.79 Å². The summed E-state index contributed by atoms with van der Waals surface area (Å²) in [5, 5.41) is 20.0. The molecule has 2 aromatic carbocycles. The minimum Gasteiger partial charge on any atom is -0.497 e. The van der Waals surface area contributed by atoms with Crippen LogP contribution in [0.25, 0.3) is 0 Å². The normalized spacial score (nSPS) is 9.80. The highest BCUT2D eigenvalue weighted by atomic mass is 32.2. The molecular weight excluding hydrogens is 276 g/mol. The predicted octanol–water partition coefficient (Wildman–Crippen LogP) is 3.63. The summed E-state index contributed by atoms with van der Waals surface area (Å²) in [5.41, 5.74) is -0.0932. The number of hydrogen-bond acceptors (Lipinski definition) is 5. The molecule has 0 saturated carbocycles. The molecule has 0 aliphatic heterocycles. The molecule has 0 fully saturated rings. The van der Waals surface area contributed by atoms with Crippen molar-refractivity contribution in [3.63, 3.8) is 0 Å². The first kappa shape index (κ1) is 13.9. The predicted molar refractivity (Wildman–Crippen MR) is 74.9 cm³/mol. The zero-order valence-corrected chi connectivity index (χ0v) is 11.4. The van der Waals surface area contributed by atoms with Crippen LogP contribution >= 0.6 is 11.8 Å². The summed E-state index contributed by atoms with van der Waals surface area (Å²) in [6, 6.07) is 13.8. The van der Waals surface area contributed by atoms with Crippen LogP contribution in [0.4, 0.5) is 5.69 Å². The van der Waals surface area contributed by atoms with E-state index in [2.05, 4.69) is 0 Å². The van der Waals surface area contributed by atoms with Crippen molar-refractivity contribution in [3.05, 3.63) is 58.1 Å². The van der Waals surface area contributed by atoms with E-state index in [1.54, 1.807) is 31.4 Å². The molecule has 0 N–H and O–H groups in total. The van der Waals surface area contributed by atoms with Gasteiger partial charge in [0.05, 0.1) is 12.0 Å². The minimum absolute atomic E-state index is 0.0818. The minimum atomic E-state index is -0.545. The van der Waals surface area contributed by atoms with Gasteiger partial charge in [0.1, 0.15) is 17.4 Å². The lowest BCUT2D eigenvalue weighted by atomic mass is 10.2. The maximum absolute atomic E-state index is 10.9. The topological polar surface area (TPSA) is 76.2 Å². The van der Waals surface area contributed by atoms with Crippen LogP contribution in [0.3, 0.4) is 0 Å². The van der Waals surface area contributed by atoms with Gasteiger partial charge in [-0.05, 0) is 30.3 Å². The Morgan fingerprint density at radius 3 is 2.50 bits per heavy atom. The van der Waals surface area contributed by atoms with Crippen molar-refractivity contribution in [2.75, 3.05) is 7.11 Å². The summed E-state index contributed by atoms with van der Waals surface area (Å²) in [6.07, 6.45) is 0. The number of ether oxygens (including phenoxy) is 1. The molecule has 2 aromatic rings. The highest BCUT2D eigenvalue weighted by molar-refractivity contribution is 7.99. The smallest absolute Gasteiger partial charge is 0.288 e. The second-order valence-electron chi connectivity index (χ2n) is 3.80. The van der Waals surface area contributed by atoms with Crippen LogP contribution in [-0.2, 0) is 0 Å². The van der Waals surface area contributed by atoms with Crippen molar-refractivity contribution in [2.24, 2.45) is 0 Å². The van der Waals surface area contributed by atoms with E-state index in [0.29, 0.717) is 4.90 Å². The van der Waals surface area contributed by atoms with Crippen LogP contribution in [0.5, 0.6) is 5.75 Å². The van der Waals surface area contributed by atoms with Gasteiger partial charge in [-0.15, -0.1) is 0 Å².